The second-order valence-electron chi connectivity index (χ2n) is 4.95. The van der Waals surface area contributed by atoms with Crippen molar-refractivity contribution < 1.29 is 23.2 Å². The third kappa shape index (κ3) is 2.63. The Balaban J connectivity index is 1.90. The number of carbonyl (C=O) groups is 2. The minimum Gasteiger partial charge on any atom is -0.312 e. The van der Waals surface area contributed by atoms with Gasteiger partial charge in [-0.1, -0.05) is 35.0 Å². The summed E-state index contributed by atoms with van der Waals surface area (Å²) in [5, 5.41) is 3.24. The van der Waals surface area contributed by atoms with Gasteiger partial charge in [-0.05, 0) is 18.2 Å². The van der Waals surface area contributed by atoms with E-state index in [0.29, 0.717) is 23.4 Å². The van der Waals surface area contributed by atoms with Gasteiger partial charge in [-0.2, -0.15) is 0 Å². The van der Waals surface area contributed by atoms with Crippen LogP contribution in [0.15, 0.2) is 41.6 Å². The summed E-state index contributed by atoms with van der Waals surface area (Å²) in [6, 6.07) is 8.08. The topological polar surface area (TPSA) is 59.0 Å². The third-order valence-corrected chi connectivity index (χ3v) is 3.79. The average molecular weight is 351 g/mol. The van der Waals surface area contributed by atoms with E-state index in [1.165, 1.54) is 4.90 Å². The van der Waals surface area contributed by atoms with Crippen LogP contribution in [0.25, 0.3) is 0 Å². The molecule has 0 aliphatic carbocycles. The monoisotopic (exact) mass is 350 g/mol. The fraction of sp³-hybridized carbons (Fsp3) is 0.0625. The Morgan fingerprint density at radius 2 is 1.88 bits per heavy atom. The molecule has 0 bridgehead atoms. The Morgan fingerprint density at radius 3 is 2.62 bits per heavy atom. The minimum absolute atomic E-state index is 0.0693. The molecular formula is C16H9ClF2N2O3. The predicted octanol–water partition coefficient (Wildman–Crippen LogP) is 3.16. The van der Waals surface area contributed by atoms with Crippen molar-refractivity contribution in [3.8, 4) is 0 Å². The lowest BCUT2D eigenvalue weighted by Gasteiger charge is -2.07. The van der Waals surface area contributed by atoms with Gasteiger partial charge in [-0.3, -0.25) is 4.79 Å². The van der Waals surface area contributed by atoms with Crippen molar-refractivity contribution in [3.05, 3.63) is 64.2 Å². The number of anilines is 1. The Hall–Kier alpha value is -2.80. The first-order valence-corrected chi connectivity index (χ1v) is 7.09. The van der Waals surface area contributed by atoms with E-state index in [-0.39, 0.29) is 10.7 Å². The largest absolute Gasteiger partial charge is 0.367 e. The quantitative estimate of drug-likeness (QED) is 0.475. The number of fused-ring (bicyclic) bond motifs is 1. The van der Waals surface area contributed by atoms with Gasteiger partial charge in [0.15, 0.2) is 17.3 Å². The van der Waals surface area contributed by atoms with Crippen molar-refractivity contribution in [2.75, 3.05) is 11.9 Å². The van der Waals surface area contributed by atoms with Crippen molar-refractivity contribution in [2.24, 2.45) is 5.16 Å². The fourth-order valence-corrected chi connectivity index (χ4v) is 2.48. The number of benzene rings is 2. The first-order chi connectivity index (χ1) is 11.4. The van der Waals surface area contributed by atoms with Crippen molar-refractivity contribution in [1.82, 2.24) is 0 Å². The lowest BCUT2D eigenvalue weighted by Crippen LogP contribution is -2.26. The zero-order valence-electron chi connectivity index (χ0n) is 12.2. The van der Waals surface area contributed by atoms with Crippen LogP contribution in [0.4, 0.5) is 14.5 Å². The number of nitrogens with zero attached hydrogens (tertiary/aromatic N) is 2. The molecule has 0 saturated carbocycles. The second-order valence-corrected chi connectivity index (χ2v) is 5.35. The molecule has 0 aromatic heterocycles. The molecule has 2 aromatic rings. The van der Waals surface area contributed by atoms with E-state index in [4.69, 9.17) is 16.4 Å². The van der Waals surface area contributed by atoms with Crippen LogP contribution in [0.5, 0.6) is 0 Å². The molecular weight excluding hydrogens is 342 g/mol. The highest BCUT2D eigenvalue weighted by molar-refractivity contribution is 6.54. The van der Waals surface area contributed by atoms with Crippen LogP contribution in [0.3, 0.4) is 0 Å². The maximum Gasteiger partial charge on any atom is 0.367 e. The molecule has 0 N–H and O–H groups in total. The van der Waals surface area contributed by atoms with Crippen molar-refractivity contribution in [2.45, 2.75) is 0 Å². The van der Waals surface area contributed by atoms with Crippen LogP contribution in [0.1, 0.15) is 15.9 Å². The average Bonchev–Trinajstić information content (AvgIpc) is 2.80. The van der Waals surface area contributed by atoms with E-state index in [2.05, 4.69) is 5.16 Å². The Morgan fingerprint density at radius 1 is 1.21 bits per heavy atom. The summed E-state index contributed by atoms with van der Waals surface area (Å²) in [6.45, 7) is 0. The van der Waals surface area contributed by atoms with Crippen LogP contribution >= 0.6 is 11.6 Å². The van der Waals surface area contributed by atoms with Crippen molar-refractivity contribution >= 4 is 34.9 Å². The molecule has 0 saturated heterocycles. The van der Waals surface area contributed by atoms with Crippen LogP contribution in [0, 0.1) is 11.6 Å². The van der Waals surface area contributed by atoms with E-state index in [1.54, 1.807) is 31.3 Å². The summed E-state index contributed by atoms with van der Waals surface area (Å²) in [7, 11) is 1.55. The molecule has 3 rings (SSSR count). The number of amides is 1. The first-order valence-electron chi connectivity index (χ1n) is 6.71. The van der Waals surface area contributed by atoms with E-state index < -0.39 is 29.1 Å². The minimum atomic E-state index is -1.25. The number of likely N-dealkylation sites (N-methyl/N-ethyl adjacent to an activating group) is 1. The number of para-hydroxylation sites is 1. The highest BCUT2D eigenvalue weighted by atomic mass is 35.5. The molecule has 0 atom stereocenters. The highest BCUT2D eigenvalue weighted by Gasteiger charge is 2.32. The molecule has 1 amide bonds. The third-order valence-electron chi connectivity index (χ3n) is 3.48. The van der Waals surface area contributed by atoms with Crippen molar-refractivity contribution in [1.29, 1.82) is 0 Å². The number of hydrogen-bond acceptors (Lipinski definition) is 4. The van der Waals surface area contributed by atoms with Gasteiger partial charge < -0.3 is 9.74 Å². The fourth-order valence-electron chi connectivity index (χ4n) is 2.25. The number of rotatable bonds is 2. The van der Waals surface area contributed by atoms with Crippen molar-refractivity contribution in [3.63, 3.8) is 0 Å². The number of hydrogen-bond donors (Lipinski definition) is 0. The second kappa shape index (κ2) is 6.01. The first kappa shape index (κ1) is 16.1. The lowest BCUT2D eigenvalue weighted by molar-refractivity contribution is -0.112. The summed E-state index contributed by atoms with van der Waals surface area (Å²) >= 11 is 5.69. The molecule has 0 fully saturated rings. The maximum absolute atomic E-state index is 13.2. The maximum atomic E-state index is 13.2. The molecule has 0 spiro atoms. The summed E-state index contributed by atoms with van der Waals surface area (Å²) in [5.74, 6) is -4.00. The molecule has 122 valence electrons. The van der Waals surface area contributed by atoms with E-state index >= 15 is 0 Å². The lowest BCUT2D eigenvalue weighted by atomic mass is 10.1. The Kier molecular flexibility index (Phi) is 4.02. The van der Waals surface area contributed by atoms with Gasteiger partial charge in [0.05, 0.1) is 16.3 Å². The predicted molar refractivity (Wildman–Crippen MR) is 83.2 cm³/mol. The van der Waals surface area contributed by atoms with Gasteiger partial charge >= 0.3 is 5.97 Å². The molecule has 1 aliphatic rings. The molecule has 0 unspecified atom stereocenters. The Bertz CT molecular complexity index is 899. The number of carbonyl (C=O) groups excluding carboxylic acids is 2. The van der Waals surface area contributed by atoms with Gasteiger partial charge in [0, 0.05) is 12.6 Å². The van der Waals surface area contributed by atoms with E-state index in [0.717, 1.165) is 0 Å². The van der Waals surface area contributed by atoms with Gasteiger partial charge in [0.25, 0.3) is 5.91 Å². The molecule has 1 heterocycles. The van der Waals surface area contributed by atoms with Gasteiger partial charge in [-0.25, -0.2) is 13.6 Å². The molecule has 24 heavy (non-hydrogen) atoms. The number of halogens is 3. The van der Waals surface area contributed by atoms with Gasteiger partial charge in [0.1, 0.15) is 0 Å². The van der Waals surface area contributed by atoms with Crippen LogP contribution in [-0.4, -0.2) is 24.6 Å². The summed E-state index contributed by atoms with van der Waals surface area (Å²) in [6.07, 6.45) is 0. The van der Waals surface area contributed by atoms with Crippen LogP contribution in [-0.2, 0) is 9.63 Å². The molecule has 1 aliphatic heterocycles. The van der Waals surface area contributed by atoms with Gasteiger partial charge in [-0.15, -0.1) is 0 Å². The molecule has 5 nitrogen and oxygen atoms in total. The normalized spacial score (nSPS) is 14.9. The SMILES string of the molecule is CN1C(=O)C(=NOC(=O)c2cc(F)c(F)cc2Cl)c2ccccc21. The van der Waals surface area contributed by atoms with E-state index in [9.17, 15) is 18.4 Å². The smallest absolute Gasteiger partial charge is 0.312 e. The summed E-state index contributed by atoms with van der Waals surface area (Å²) < 4.78 is 26.3. The molecule has 2 aromatic carbocycles. The van der Waals surface area contributed by atoms with E-state index in [1.807, 2.05) is 0 Å². The van der Waals surface area contributed by atoms with Gasteiger partial charge in [0.2, 0.25) is 0 Å². The highest BCUT2D eigenvalue weighted by Crippen LogP contribution is 2.28. The summed E-state index contributed by atoms with van der Waals surface area (Å²) in [5.41, 5.74) is 0.643. The zero-order chi connectivity index (χ0) is 17.4. The van der Waals surface area contributed by atoms with Crippen LogP contribution < -0.4 is 4.90 Å². The molecule has 0 radical (unpaired) electrons. The number of oxime groups is 1. The standard InChI is InChI=1S/C16H9ClF2N2O3/c1-21-13-5-3-2-4-8(13)14(15(21)22)20-24-16(23)9-6-11(18)12(19)7-10(9)17/h2-7H,1H3. The molecule has 8 heteroatoms. The van der Waals surface area contributed by atoms with Crippen LogP contribution in [0.2, 0.25) is 5.02 Å². The summed E-state index contributed by atoms with van der Waals surface area (Å²) in [4.78, 5) is 30.1. The Labute approximate surface area is 140 Å². The zero-order valence-corrected chi connectivity index (χ0v) is 13.0.